The Hall–Kier alpha value is -1.39. The van der Waals surface area contributed by atoms with Crippen LogP contribution in [0.3, 0.4) is 0 Å². The summed E-state index contributed by atoms with van der Waals surface area (Å²) in [5.41, 5.74) is 14.1. The van der Waals surface area contributed by atoms with Crippen molar-refractivity contribution >= 4 is 11.0 Å². The zero-order valence-corrected chi connectivity index (χ0v) is 8.12. The molecule has 2 rings (SSSR count). The van der Waals surface area contributed by atoms with Gasteiger partial charge >= 0.3 is 0 Å². The van der Waals surface area contributed by atoms with Crippen molar-refractivity contribution in [1.82, 2.24) is 9.97 Å². The normalized spacial score (nSPS) is 15.6. The van der Waals surface area contributed by atoms with E-state index in [1.54, 1.807) is 6.33 Å². The molecule has 4 heteroatoms. The van der Waals surface area contributed by atoms with Crippen molar-refractivity contribution in [3.8, 4) is 0 Å². The van der Waals surface area contributed by atoms with Crippen molar-refractivity contribution in [3.63, 3.8) is 0 Å². The molecule has 2 aromatic rings. The fourth-order valence-electron chi connectivity index (χ4n) is 1.41. The molecule has 1 unspecified atom stereocenters. The molecule has 1 aromatic carbocycles. The Balaban J connectivity index is 2.53. The summed E-state index contributed by atoms with van der Waals surface area (Å²) in [6.45, 7) is 2.34. The van der Waals surface area contributed by atoms with E-state index in [1.807, 2.05) is 25.1 Å². The number of H-pyrrole nitrogens is 1. The predicted octanol–water partition coefficient (Wildman–Crippen LogP) is 0.695. The maximum atomic E-state index is 6.04. The molecule has 1 aromatic heterocycles. The van der Waals surface area contributed by atoms with Crippen LogP contribution < -0.4 is 11.5 Å². The Morgan fingerprint density at radius 1 is 1.50 bits per heavy atom. The van der Waals surface area contributed by atoms with E-state index in [-0.39, 0.29) is 0 Å². The first-order valence-electron chi connectivity index (χ1n) is 4.56. The molecule has 0 radical (unpaired) electrons. The minimum atomic E-state index is -0.473. The monoisotopic (exact) mass is 190 g/mol. The highest BCUT2D eigenvalue weighted by Crippen LogP contribution is 2.20. The van der Waals surface area contributed by atoms with Gasteiger partial charge in [-0.3, -0.25) is 0 Å². The molecule has 74 valence electrons. The van der Waals surface area contributed by atoms with E-state index in [2.05, 4.69) is 9.97 Å². The topological polar surface area (TPSA) is 80.7 Å². The van der Waals surface area contributed by atoms with Crippen LogP contribution in [0.25, 0.3) is 11.0 Å². The number of fused-ring (bicyclic) bond motifs is 1. The minimum absolute atomic E-state index is 0.423. The molecule has 0 spiro atoms. The van der Waals surface area contributed by atoms with Gasteiger partial charge in [0.1, 0.15) is 0 Å². The summed E-state index contributed by atoms with van der Waals surface area (Å²) in [5, 5.41) is 0. The number of benzene rings is 1. The predicted molar refractivity (Wildman–Crippen MR) is 56.7 cm³/mol. The number of hydrogen-bond acceptors (Lipinski definition) is 3. The first-order valence-corrected chi connectivity index (χ1v) is 4.56. The second-order valence-corrected chi connectivity index (χ2v) is 3.76. The smallest absolute Gasteiger partial charge is 0.0931 e. The van der Waals surface area contributed by atoms with E-state index in [4.69, 9.17) is 11.5 Å². The number of aromatic nitrogens is 2. The van der Waals surface area contributed by atoms with E-state index in [9.17, 15) is 0 Å². The Bertz CT molecular complexity index is 444. The Kier molecular flexibility index (Phi) is 2.02. The number of hydrogen-bond donors (Lipinski definition) is 3. The Labute approximate surface area is 82.3 Å². The maximum absolute atomic E-state index is 6.04. The summed E-state index contributed by atoms with van der Waals surface area (Å²) in [6.07, 6.45) is 1.67. The lowest BCUT2D eigenvalue weighted by Crippen LogP contribution is -2.40. The van der Waals surface area contributed by atoms with Crippen LogP contribution in [-0.4, -0.2) is 16.5 Å². The maximum Gasteiger partial charge on any atom is 0.0931 e. The third-order valence-corrected chi connectivity index (χ3v) is 2.50. The molecular weight excluding hydrogens is 176 g/mol. The van der Waals surface area contributed by atoms with Crippen molar-refractivity contribution in [3.05, 3.63) is 30.1 Å². The summed E-state index contributed by atoms with van der Waals surface area (Å²) in [4.78, 5) is 7.19. The average molecular weight is 190 g/mol. The molecule has 0 aliphatic carbocycles. The SMILES string of the molecule is CC(N)(CN)c1ccc2nc[nH]c2c1. The number of rotatable bonds is 2. The van der Waals surface area contributed by atoms with Crippen LogP contribution in [0.4, 0.5) is 0 Å². The van der Waals surface area contributed by atoms with Crippen LogP contribution in [0.1, 0.15) is 12.5 Å². The van der Waals surface area contributed by atoms with Gasteiger partial charge in [0.15, 0.2) is 0 Å². The quantitative estimate of drug-likeness (QED) is 0.652. The second kappa shape index (κ2) is 3.08. The molecule has 4 nitrogen and oxygen atoms in total. The number of aromatic amines is 1. The molecule has 0 bridgehead atoms. The molecule has 0 saturated heterocycles. The van der Waals surface area contributed by atoms with Crippen LogP contribution in [-0.2, 0) is 5.54 Å². The average Bonchev–Trinajstić information content (AvgIpc) is 2.64. The van der Waals surface area contributed by atoms with Gasteiger partial charge in [-0.05, 0) is 24.6 Å². The van der Waals surface area contributed by atoms with Gasteiger partial charge in [0.2, 0.25) is 0 Å². The van der Waals surface area contributed by atoms with Gasteiger partial charge < -0.3 is 16.5 Å². The van der Waals surface area contributed by atoms with Crippen LogP contribution in [0.5, 0.6) is 0 Å². The summed E-state index contributed by atoms with van der Waals surface area (Å²) in [5.74, 6) is 0. The van der Waals surface area contributed by atoms with E-state index in [0.717, 1.165) is 16.6 Å². The number of nitrogens with one attached hydrogen (secondary N) is 1. The lowest BCUT2D eigenvalue weighted by molar-refractivity contribution is 0.508. The lowest BCUT2D eigenvalue weighted by atomic mass is 9.93. The zero-order chi connectivity index (χ0) is 10.2. The van der Waals surface area contributed by atoms with Gasteiger partial charge in [0.25, 0.3) is 0 Å². The largest absolute Gasteiger partial charge is 0.345 e. The first-order chi connectivity index (χ1) is 6.63. The van der Waals surface area contributed by atoms with Crippen LogP contribution in [0, 0.1) is 0 Å². The third-order valence-electron chi connectivity index (χ3n) is 2.50. The highest BCUT2D eigenvalue weighted by Gasteiger charge is 2.19. The van der Waals surface area contributed by atoms with E-state index < -0.39 is 5.54 Å². The summed E-state index contributed by atoms with van der Waals surface area (Å²) in [7, 11) is 0. The molecule has 0 aliphatic rings. The highest BCUT2D eigenvalue weighted by molar-refractivity contribution is 5.75. The van der Waals surface area contributed by atoms with Gasteiger partial charge in [-0.15, -0.1) is 0 Å². The molecule has 1 atom stereocenters. The van der Waals surface area contributed by atoms with Crippen molar-refractivity contribution in [2.45, 2.75) is 12.5 Å². The summed E-state index contributed by atoms with van der Waals surface area (Å²) < 4.78 is 0. The van der Waals surface area contributed by atoms with Gasteiger partial charge in [-0.25, -0.2) is 4.98 Å². The lowest BCUT2D eigenvalue weighted by Gasteiger charge is -2.22. The van der Waals surface area contributed by atoms with Gasteiger partial charge in [0.05, 0.1) is 22.9 Å². The van der Waals surface area contributed by atoms with Crippen molar-refractivity contribution in [2.24, 2.45) is 11.5 Å². The Morgan fingerprint density at radius 3 is 3.00 bits per heavy atom. The fourth-order valence-corrected chi connectivity index (χ4v) is 1.41. The van der Waals surface area contributed by atoms with Crippen molar-refractivity contribution in [2.75, 3.05) is 6.54 Å². The summed E-state index contributed by atoms with van der Waals surface area (Å²) >= 11 is 0. The number of imidazole rings is 1. The molecule has 1 heterocycles. The van der Waals surface area contributed by atoms with Gasteiger partial charge in [-0.1, -0.05) is 6.07 Å². The molecule has 0 amide bonds. The molecule has 0 fully saturated rings. The number of nitrogens with two attached hydrogens (primary N) is 2. The zero-order valence-electron chi connectivity index (χ0n) is 8.12. The highest BCUT2D eigenvalue weighted by atomic mass is 14.9. The number of nitrogens with zero attached hydrogens (tertiary/aromatic N) is 1. The molecule has 5 N–H and O–H groups in total. The molecule has 0 saturated carbocycles. The van der Waals surface area contributed by atoms with Gasteiger partial charge in [0, 0.05) is 6.54 Å². The summed E-state index contributed by atoms with van der Waals surface area (Å²) in [6, 6.07) is 5.91. The van der Waals surface area contributed by atoms with Crippen molar-refractivity contribution < 1.29 is 0 Å². The van der Waals surface area contributed by atoms with E-state index >= 15 is 0 Å². The first kappa shape index (κ1) is 9.18. The van der Waals surface area contributed by atoms with Crippen LogP contribution in [0.15, 0.2) is 24.5 Å². The minimum Gasteiger partial charge on any atom is -0.345 e. The molecule has 0 aliphatic heterocycles. The standard InChI is InChI=1S/C10H14N4/c1-10(12,5-11)7-2-3-8-9(4-7)14-6-13-8/h2-4,6H,5,11-12H2,1H3,(H,13,14). The molecular formula is C10H14N4. The fraction of sp³-hybridized carbons (Fsp3) is 0.300. The van der Waals surface area contributed by atoms with Crippen LogP contribution in [0.2, 0.25) is 0 Å². The van der Waals surface area contributed by atoms with Crippen molar-refractivity contribution in [1.29, 1.82) is 0 Å². The van der Waals surface area contributed by atoms with E-state index in [0.29, 0.717) is 6.54 Å². The third kappa shape index (κ3) is 1.38. The van der Waals surface area contributed by atoms with Gasteiger partial charge in [-0.2, -0.15) is 0 Å². The Morgan fingerprint density at radius 2 is 2.29 bits per heavy atom. The van der Waals surface area contributed by atoms with E-state index in [1.165, 1.54) is 0 Å². The van der Waals surface area contributed by atoms with Crippen LogP contribution >= 0.6 is 0 Å². The second-order valence-electron chi connectivity index (χ2n) is 3.76. The molecule has 14 heavy (non-hydrogen) atoms.